The number of para-hydroxylation sites is 1. The summed E-state index contributed by atoms with van der Waals surface area (Å²) in [5.41, 5.74) is 2.17. The van der Waals surface area contributed by atoms with Crippen molar-refractivity contribution < 1.29 is 14.3 Å². The summed E-state index contributed by atoms with van der Waals surface area (Å²) in [6, 6.07) is 16.9. The van der Waals surface area contributed by atoms with E-state index in [0.29, 0.717) is 12.3 Å². The maximum absolute atomic E-state index is 11.7. The van der Waals surface area contributed by atoms with Crippen LogP contribution in [0.1, 0.15) is 11.1 Å². The van der Waals surface area contributed by atoms with Crippen molar-refractivity contribution in [2.45, 2.75) is 13.5 Å². The zero-order valence-electron chi connectivity index (χ0n) is 13.0. The van der Waals surface area contributed by atoms with E-state index in [1.807, 2.05) is 49.4 Å². The standard InChI is InChI=1S/C18H20N2O3/c1-14-7-5-6-8-15(14)11-19-17(21)12-20-18(22)13-23-16-9-3-2-4-10-16/h2-10H,11-13H2,1H3,(H,19,21)(H,20,22). The molecule has 0 heterocycles. The Morgan fingerprint density at radius 3 is 2.35 bits per heavy atom. The summed E-state index contributed by atoms with van der Waals surface area (Å²) in [6.45, 7) is 2.25. The van der Waals surface area contributed by atoms with Crippen LogP contribution >= 0.6 is 0 Å². The van der Waals surface area contributed by atoms with Gasteiger partial charge in [-0.2, -0.15) is 0 Å². The molecule has 0 atom stereocenters. The van der Waals surface area contributed by atoms with Gasteiger partial charge < -0.3 is 15.4 Å². The van der Waals surface area contributed by atoms with Crippen LogP contribution in [0.25, 0.3) is 0 Å². The van der Waals surface area contributed by atoms with E-state index in [9.17, 15) is 9.59 Å². The van der Waals surface area contributed by atoms with E-state index in [1.165, 1.54) is 0 Å². The molecule has 0 fully saturated rings. The summed E-state index contributed by atoms with van der Waals surface area (Å²) in [4.78, 5) is 23.4. The Morgan fingerprint density at radius 1 is 0.913 bits per heavy atom. The Kier molecular flexibility index (Phi) is 6.17. The minimum absolute atomic E-state index is 0.0666. The Labute approximate surface area is 135 Å². The van der Waals surface area contributed by atoms with Crippen LogP contribution in [0.15, 0.2) is 54.6 Å². The zero-order valence-corrected chi connectivity index (χ0v) is 13.0. The highest BCUT2D eigenvalue weighted by atomic mass is 16.5. The third-order valence-corrected chi connectivity index (χ3v) is 3.30. The van der Waals surface area contributed by atoms with Gasteiger partial charge in [-0.15, -0.1) is 0 Å². The number of aryl methyl sites for hydroxylation is 1. The summed E-state index contributed by atoms with van der Waals surface area (Å²) < 4.78 is 5.30. The van der Waals surface area contributed by atoms with E-state index in [-0.39, 0.29) is 25.0 Å². The fourth-order valence-corrected chi connectivity index (χ4v) is 1.96. The smallest absolute Gasteiger partial charge is 0.258 e. The third kappa shape index (κ3) is 5.82. The van der Waals surface area contributed by atoms with Gasteiger partial charge in [-0.1, -0.05) is 42.5 Å². The average Bonchev–Trinajstić information content (AvgIpc) is 2.58. The Balaban J connectivity index is 1.66. The lowest BCUT2D eigenvalue weighted by molar-refractivity contribution is -0.127. The first-order valence-electron chi connectivity index (χ1n) is 7.41. The molecule has 0 saturated carbocycles. The number of hydrogen-bond acceptors (Lipinski definition) is 3. The largest absolute Gasteiger partial charge is 0.484 e. The van der Waals surface area contributed by atoms with Crippen LogP contribution < -0.4 is 15.4 Å². The lowest BCUT2D eigenvalue weighted by Crippen LogP contribution is -2.38. The molecule has 2 N–H and O–H groups in total. The number of amides is 2. The lowest BCUT2D eigenvalue weighted by atomic mass is 10.1. The number of ether oxygens (including phenoxy) is 1. The van der Waals surface area contributed by atoms with Gasteiger partial charge in [0.25, 0.3) is 5.91 Å². The fraction of sp³-hybridized carbons (Fsp3) is 0.222. The van der Waals surface area contributed by atoms with Crippen molar-refractivity contribution in [2.75, 3.05) is 13.2 Å². The van der Waals surface area contributed by atoms with Crippen molar-refractivity contribution >= 4 is 11.8 Å². The maximum atomic E-state index is 11.7. The molecule has 2 rings (SSSR count). The summed E-state index contributed by atoms with van der Waals surface area (Å²) in [5, 5.41) is 5.30. The molecule has 5 heteroatoms. The molecule has 2 amide bonds. The van der Waals surface area contributed by atoms with Crippen LogP contribution in [0.2, 0.25) is 0 Å². The topological polar surface area (TPSA) is 67.4 Å². The molecule has 0 aromatic heterocycles. The predicted octanol–water partition coefficient (Wildman–Crippen LogP) is 1.81. The summed E-state index contributed by atoms with van der Waals surface area (Å²) in [5.74, 6) is 0.0489. The number of rotatable bonds is 7. The highest BCUT2D eigenvalue weighted by molar-refractivity contribution is 5.85. The molecule has 0 unspecified atom stereocenters. The van der Waals surface area contributed by atoms with E-state index in [4.69, 9.17) is 4.74 Å². The average molecular weight is 312 g/mol. The molecular weight excluding hydrogens is 292 g/mol. The molecule has 120 valence electrons. The second kappa shape index (κ2) is 8.58. The van der Waals surface area contributed by atoms with Crippen LogP contribution in [0.5, 0.6) is 5.75 Å². The van der Waals surface area contributed by atoms with Gasteiger partial charge in [0.1, 0.15) is 5.75 Å². The van der Waals surface area contributed by atoms with Crippen molar-refractivity contribution in [3.63, 3.8) is 0 Å². The Hall–Kier alpha value is -2.82. The summed E-state index contributed by atoms with van der Waals surface area (Å²) in [6.07, 6.45) is 0. The monoisotopic (exact) mass is 312 g/mol. The van der Waals surface area contributed by atoms with Crippen molar-refractivity contribution in [3.05, 3.63) is 65.7 Å². The Bertz CT molecular complexity index is 656. The molecule has 0 saturated heterocycles. The number of carbonyl (C=O) groups is 2. The van der Waals surface area contributed by atoms with Crippen molar-refractivity contribution in [1.29, 1.82) is 0 Å². The SMILES string of the molecule is Cc1ccccc1CNC(=O)CNC(=O)COc1ccccc1. The van der Waals surface area contributed by atoms with Crippen molar-refractivity contribution in [3.8, 4) is 5.75 Å². The number of nitrogens with one attached hydrogen (secondary N) is 2. The van der Waals surface area contributed by atoms with Crippen molar-refractivity contribution in [1.82, 2.24) is 10.6 Å². The van der Waals surface area contributed by atoms with E-state index in [1.54, 1.807) is 12.1 Å². The van der Waals surface area contributed by atoms with Crippen LogP contribution in [0.3, 0.4) is 0 Å². The molecule has 0 bridgehead atoms. The third-order valence-electron chi connectivity index (χ3n) is 3.30. The molecule has 5 nitrogen and oxygen atoms in total. The second-order valence-electron chi connectivity index (χ2n) is 5.08. The van der Waals surface area contributed by atoms with E-state index in [0.717, 1.165) is 11.1 Å². The first kappa shape index (κ1) is 16.5. The molecule has 2 aromatic carbocycles. The lowest BCUT2D eigenvalue weighted by Gasteiger charge is -2.09. The first-order valence-corrected chi connectivity index (χ1v) is 7.41. The first-order chi connectivity index (χ1) is 11.1. The van der Waals surface area contributed by atoms with Gasteiger partial charge in [0.15, 0.2) is 6.61 Å². The van der Waals surface area contributed by atoms with Gasteiger partial charge in [0.05, 0.1) is 6.54 Å². The molecule has 23 heavy (non-hydrogen) atoms. The molecular formula is C18H20N2O3. The highest BCUT2D eigenvalue weighted by Crippen LogP contribution is 2.07. The van der Waals surface area contributed by atoms with Crippen LogP contribution in [0, 0.1) is 6.92 Å². The van der Waals surface area contributed by atoms with Gasteiger partial charge in [-0.25, -0.2) is 0 Å². The predicted molar refractivity (Wildman–Crippen MR) is 88.0 cm³/mol. The van der Waals surface area contributed by atoms with Crippen LogP contribution in [-0.4, -0.2) is 25.0 Å². The Morgan fingerprint density at radius 2 is 1.61 bits per heavy atom. The minimum atomic E-state index is -0.333. The van der Waals surface area contributed by atoms with E-state index < -0.39 is 0 Å². The molecule has 0 radical (unpaired) electrons. The van der Waals surface area contributed by atoms with Gasteiger partial charge in [0.2, 0.25) is 5.91 Å². The van der Waals surface area contributed by atoms with Gasteiger partial charge in [-0.3, -0.25) is 9.59 Å². The molecule has 2 aromatic rings. The number of benzene rings is 2. The highest BCUT2D eigenvalue weighted by Gasteiger charge is 2.06. The van der Waals surface area contributed by atoms with Gasteiger partial charge >= 0.3 is 0 Å². The molecule has 0 aliphatic heterocycles. The summed E-state index contributed by atoms with van der Waals surface area (Å²) >= 11 is 0. The number of hydrogen-bond donors (Lipinski definition) is 2. The molecule has 0 spiro atoms. The second-order valence-corrected chi connectivity index (χ2v) is 5.08. The van der Waals surface area contributed by atoms with Crippen LogP contribution in [-0.2, 0) is 16.1 Å². The summed E-state index contributed by atoms with van der Waals surface area (Å²) in [7, 11) is 0. The zero-order chi connectivity index (χ0) is 16.5. The van der Waals surface area contributed by atoms with Gasteiger partial charge in [-0.05, 0) is 30.2 Å². The minimum Gasteiger partial charge on any atom is -0.484 e. The number of carbonyl (C=O) groups excluding carboxylic acids is 2. The van der Waals surface area contributed by atoms with E-state index >= 15 is 0 Å². The normalized spacial score (nSPS) is 9.96. The van der Waals surface area contributed by atoms with E-state index in [2.05, 4.69) is 10.6 Å². The fourth-order valence-electron chi connectivity index (χ4n) is 1.96. The van der Waals surface area contributed by atoms with Crippen LogP contribution in [0.4, 0.5) is 0 Å². The van der Waals surface area contributed by atoms with Gasteiger partial charge in [0, 0.05) is 6.54 Å². The molecule has 0 aliphatic rings. The van der Waals surface area contributed by atoms with Crippen molar-refractivity contribution in [2.24, 2.45) is 0 Å². The molecule has 0 aliphatic carbocycles. The quantitative estimate of drug-likeness (QED) is 0.819. The maximum Gasteiger partial charge on any atom is 0.258 e.